The van der Waals surface area contributed by atoms with Crippen molar-refractivity contribution >= 4 is 34.3 Å². The van der Waals surface area contributed by atoms with Crippen molar-refractivity contribution in [2.24, 2.45) is 11.8 Å². The minimum absolute atomic E-state index is 0.503. The molecule has 2 aromatic rings. The van der Waals surface area contributed by atoms with Crippen LogP contribution in [0.2, 0.25) is 10.0 Å². The third-order valence-electron chi connectivity index (χ3n) is 6.31. The smallest absolute Gasteiger partial charge is 0.0481 e. The van der Waals surface area contributed by atoms with Gasteiger partial charge in [-0.2, -0.15) is 0 Å². The number of rotatable bonds is 3. The topological polar surface area (TPSA) is 0 Å². The number of allylic oxidation sites excluding steroid dienone is 4. The fraction of sp³-hybridized carbons (Fsp3) is 0.385. The lowest BCUT2D eigenvalue weighted by Gasteiger charge is -2.29. The van der Waals surface area contributed by atoms with E-state index in [0.717, 1.165) is 16.5 Å². The van der Waals surface area contributed by atoms with Crippen molar-refractivity contribution in [3.8, 4) is 0 Å². The summed E-state index contributed by atoms with van der Waals surface area (Å²) < 4.78 is 0. The van der Waals surface area contributed by atoms with Crippen LogP contribution in [0.15, 0.2) is 60.7 Å². The zero-order valence-electron chi connectivity index (χ0n) is 16.3. The Hall–Kier alpha value is -1.50. The second-order valence-electron chi connectivity index (χ2n) is 8.08. The standard InChI is InChI=1S/C26H28Cl2/c27-24-17-9-7-14-21(24)22-15-6-5-13-20(19-11-3-1-2-4-12-19)26(22)23-16-8-10-18-25(23)28/h3,7-11,14,16-20H,1-2,4-6,12-13,15H2. The van der Waals surface area contributed by atoms with Gasteiger partial charge in [-0.05, 0) is 84.8 Å². The minimum Gasteiger partial charge on any atom is -0.0882 e. The van der Waals surface area contributed by atoms with Crippen LogP contribution in [0, 0.1) is 11.8 Å². The van der Waals surface area contributed by atoms with E-state index in [-0.39, 0.29) is 0 Å². The molecular formula is C26H28Cl2. The van der Waals surface area contributed by atoms with Gasteiger partial charge in [0.15, 0.2) is 0 Å². The Balaban J connectivity index is 1.92. The lowest BCUT2D eigenvalue weighted by Crippen LogP contribution is -2.15. The molecule has 2 aliphatic rings. The molecule has 146 valence electrons. The molecular weight excluding hydrogens is 383 g/mol. The molecule has 2 unspecified atom stereocenters. The van der Waals surface area contributed by atoms with Crippen molar-refractivity contribution in [2.75, 3.05) is 0 Å². The van der Waals surface area contributed by atoms with E-state index in [1.165, 1.54) is 67.2 Å². The van der Waals surface area contributed by atoms with Gasteiger partial charge in [-0.1, -0.05) is 84.6 Å². The van der Waals surface area contributed by atoms with Crippen molar-refractivity contribution in [3.05, 3.63) is 81.9 Å². The van der Waals surface area contributed by atoms with E-state index in [1.807, 2.05) is 24.3 Å². The van der Waals surface area contributed by atoms with Crippen LogP contribution >= 0.6 is 23.2 Å². The quantitative estimate of drug-likeness (QED) is 0.443. The van der Waals surface area contributed by atoms with Crippen molar-refractivity contribution in [3.63, 3.8) is 0 Å². The summed E-state index contributed by atoms with van der Waals surface area (Å²) in [6.07, 6.45) is 14.8. The fourth-order valence-electron chi connectivity index (χ4n) is 4.97. The number of benzene rings is 2. The second kappa shape index (κ2) is 9.33. The Morgan fingerprint density at radius 1 is 0.714 bits per heavy atom. The van der Waals surface area contributed by atoms with E-state index in [4.69, 9.17) is 23.2 Å². The average Bonchev–Trinajstić information content (AvgIpc) is 3.10. The first-order valence-corrected chi connectivity index (χ1v) is 11.4. The van der Waals surface area contributed by atoms with Crippen LogP contribution in [-0.2, 0) is 0 Å². The molecule has 0 N–H and O–H groups in total. The molecule has 0 aliphatic heterocycles. The molecule has 2 aromatic carbocycles. The first kappa shape index (κ1) is 19.8. The molecule has 28 heavy (non-hydrogen) atoms. The molecule has 0 aromatic heterocycles. The fourth-order valence-corrected chi connectivity index (χ4v) is 5.46. The predicted molar refractivity (Wildman–Crippen MR) is 123 cm³/mol. The Bertz CT molecular complexity index is 878. The highest BCUT2D eigenvalue weighted by molar-refractivity contribution is 6.34. The summed E-state index contributed by atoms with van der Waals surface area (Å²) in [5, 5.41) is 1.70. The SMILES string of the molecule is Clc1ccccc1C1=C(c2ccccc2Cl)C(C2C=CCCCC2)CCCC1. The van der Waals surface area contributed by atoms with Gasteiger partial charge >= 0.3 is 0 Å². The maximum atomic E-state index is 6.75. The normalized spacial score (nSPS) is 23.4. The maximum absolute atomic E-state index is 6.75. The lowest BCUT2D eigenvalue weighted by molar-refractivity contribution is 0.416. The molecule has 0 fully saturated rings. The van der Waals surface area contributed by atoms with Gasteiger partial charge in [0.1, 0.15) is 0 Å². The van der Waals surface area contributed by atoms with E-state index in [9.17, 15) is 0 Å². The van der Waals surface area contributed by atoms with Crippen LogP contribution in [0.3, 0.4) is 0 Å². The van der Waals surface area contributed by atoms with Crippen LogP contribution in [0.25, 0.3) is 11.1 Å². The molecule has 0 nitrogen and oxygen atoms in total. The van der Waals surface area contributed by atoms with Crippen LogP contribution < -0.4 is 0 Å². The Labute approximate surface area is 179 Å². The van der Waals surface area contributed by atoms with E-state index >= 15 is 0 Å². The first-order chi connectivity index (χ1) is 13.8. The van der Waals surface area contributed by atoms with E-state index < -0.39 is 0 Å². The van der Waals surface area contributed by atoms with Gasteiger partial charge in [-0.15, -0.1) is 0 Å². The van der Waals surface area contributed by atoms with Crippen molar-refractivity contribution < 1.29 is 0 Å². The van der Waals surface area contributed by atoms with Gasteiger partial charge in [-0.3, -0.25) is 0 Å². The van der Waals surface area contributed by atoms with Crippen LogP contribution in [0.1, 0.15) is 62.5 Å². The molecule has 2 heteroatoms. The first-order valence-electron chi connectivity index (χ1n) is 10.6. The average molecular weight is 411 g/mol. The largest absolute Gasteiger partial charge is 0.0882 e. The van der Waals surface area contributed by atoms with E-state index in [2.05, 4.69) is 36.4 Å². The zero-order chi connectivity index (χ0) is 19.3. The maximum Gasteiger partial charge on any atom is 0.0481 e. The Morgan fingerprint density at radius 3 is 2.14 bits per heavy atom. The Kier molecular flexibility index (Phi) is 6.60. The zero-order valence-corrected chi connectivity index (χ0v) is 17.9. The molecule has 4 rings (SSSR count). The molecule has 0 amide bonds. The van der Waals surface area contributed by atoms with Gasteiger partial charge in [0.2, 0.25) is 0 Å². The van der Waals surface area contributed by atoms with E-state index in [0.29, 0.717) is 11.8 Å². The number of hydrogen-bond acceptors (Lipinski definition) is 0. The summed E-state index contributed by atoms with van der Waals surface area (Å²) in [6, 6.07) is 16.7. The molecule has 0 saturated carbocycles. The summed E-state index contributed by atoms with van der Waals surface area (Å²) in [5.41, 5.74) is 5.22. The van der Waals surface area contributed by atoms with Crippen LogP contribution in [0.4, 0.5) is 0 Å². The van der Waals surface area contributed by atoms with Gasteiger partial charge in [0.25, 0.3) is 0 Å². The van der Waals surface area contributed by atoms with E-state index in [1.54, 1.807) is 0 Å². The van der Waals surface area contributed by atoms with Crippen molar-refractivity contribution in [1.29, 1.82) is 0 Å². The molecule has 2 aliphatic carbocycles. The van der Waals surface area contributed by atoms with Gasteiger partial charge < -0.3 is 0 Å². The van der Waals surface area contributed by atoms with Crippen molar-refractivity contribution in [1.82, 2.24) is 0 Å². The predicted octanol–water partition coefficient (Wildman–Crippen LogP) is 8.84. The monoisotopic (exact) mass is 410 g/mol. The minimum atomic E-state index is 0.503. The Morgan fingerprint density at radius 2 is 1.39 bits per heavy atom. The third kappa shape index (κ3) is 4.24. The molecule has 2 atom stereocenters. The number of halogens is 2. The van der Waals surface area contributed by atoms with Crippen LogP contribution in [-0.4, -0.2) is 0 Å². The van der Waals surface area contributed by atoms with Crippen LogP contribution in [0.5, 0.6) is 0 Å². The summed E-state index contributed by atoms with van der Waals surface area (Å²) in [5.74, 6) is 1.09. The summed E-state index contributed by atoms with van der Waals surface area (Å²) in [4.78, 5) is 0. The highest BCUT2D eigenvalue weighted by Crippen LogP contribution is 2.48. The molecule has 0 saturated heterocycles. The van der Waals surface area contributed by atoms with Gasteiger partial charge in [0, 0.05) is 10.0 Å². The van der Waals surface area contributed by atoms with Gasteiger partial charge in [-0.25, -0.2) is 0 Å². The number of hydrogen-bond donors (Lipinski definition) is 0. The summed E-state index contributed by atoms with van der Waals surface area (Å²) >= 11 is 13.4. The third-order valence-corrected chi connectivity index (χ3v) is 6.97. The van der Waals surface area contributed by atoms with Gasteiger partial charge in [0.05, 0.1) is 0 Å². The molecule has 0 heterocycles. The summed E-state index contributed by atoms with van der Waals surface area (Å²) in [7, 11) is 0. The lowest BCUT2D eigenvalue weighted by atomic mass is 9.76. The second-order valence-corrected chi connectivity index (χ2v) is 8.90. The molecule has 0 bridgehead atoms. The van der Waals surface area contributed by atoms with Crippen molar-refractivity contribution in [2.45, 2.75) is 51.4 Å². The summed E-state index contributed by atoms with van der Waals surface area (Å²) in [6.45, 7) is 0. The highest BCUT2D eigenvalue weighted by atomic mass is 35.5. The molecule has 0 spiro atoms. The molecule has 0 radical (unpaired) electrons. The highest BCUT2D eigenvalue weighted by Gasteiger charge is 2.30.